The zero-order valence-corrected chi connectivity index (χ0v) is 17.5. The summed E-state index contributed by atoms with van der Waals surface area (Å²) in [6, 6.07) is 0.241. The molecule has 0 aromatic heterocycles. The summed E-state index contributed by atoms with van der Waals surface area (Å²) in [7, 11) is 4.73. The minimum atomic E-state index is -0.527. The molecule has 9 heteroatoms. The van der Waals surface area contributed by atoms with Crippen molar-refractivity contribution in [1.29, 1.82) is 0 Å². The van der Waals surface area contributed by atoms with E-state index in [0.717, 1.165) is 12.8 Å². The van der Waals surface area contributed by atoms with Gasteiger partial charge in [0.1, 0.15) is 0 Å². The number of aliphatic imine (C=N–C) groups is 1. The molecule has 24 heavy (non-hydrogen) atoms. The molecule has 8 nitrogen and oxygen atoms in total. The van der Waals surface area contributed by atoms with Crippen molar-refractivity contribution in [3.63, 3.8) is 0 Å². The number of hydrogen-bond acceptors (Lipinski definition) is 4. The minimum absolute atomic E-state index is 0. The Morgan fingerprint density at radius 2 is 1.88 bits per heavy atom. The number of ether oxygens (including phenoxy) is 1. The predicted octanol–water partition coefficient (Wildman–Crippen LogP) is 0.772. The second-order valence-corrected chi connectivity index (χ2v) is 6.26. The van der Waals surface area contributed by atoms with Crippen molar-refractivity contribution in [2.45, 2.75) is 32.7 Å². The topological polar surface area (TPSA) is 95.1 Å². The van der Waals surface area contributed by atoms with Crippen molar-refractivity contribution in [3.05, 3.63) is 0 Å². The Kier molecular flexibility index (Phi) is 10.0. The van der Waals surface area contributed by atoms with Crippen molar-refractivity contribution in [1.82, 2.24) is 20.9 Å². The van der Waals surface area contributed by atoms with E-state index in [2.05, 4.69) is 20.9 Å². The Morgan fingerprint density at radius 3 is 2.33 bits per heavy atom. The van der Waals surface area contributed by atoms with Gasteiger partial charge in [0.2, 0.25) is 5.91 Å². The monoisotopic (exact) mass is 455 g/mol. The summed E-state index contributed by atoms with van der Waals surface area (Å²) >= 11 is 0. The van der Waals surface area contributed by atoms with E-state index in [0.29, 0.717) is 25.6 Å². The molecule has 1 rings (SSSR count). The van der Waals surface area contributed by atoms with Gasteiger partial charge in [-0.25, -0.2) is 4.79 Å². The van der Waals surface area contributed by atoms with Crippen LogP contribution in [0.3, 0.4) is 0 Å². The van der Waals surface area contributed by atoms with E-state index in [1.807, 2.05) is 13.8 Å². The highest BCUT2D eigenvalue weighted by atomic mass is 127. The lowest BCUT2D eigenvalue weighted by Crippen LogP contribution is -2.52. The third-order valence-electron chi connectivity index (χ3n) is 4.03. The molecule has 1 heterocycles. The molecule has 3 N–H and O–H groups in total. The number of carbonyl (C=O) groups is 2. The van der Waals surface area contributed by atoms with Crippen molar-refractivity contribution < 1.29 is 14.3 Å². The van der Waals surface area contributed by atoms with E-state index in [1.54, 1.807) is 19.0 Å². The number of carbonyl (C=O) groups excluding carboxylic acids is 2. The number of rotatable bonds is 4. The molecule has 1 fully saturated rings. The number of methoxy groups -OCH3 is 1. The zero-order valence-electron chi connectivity index (χ0n) is 15.1. The summed E-state index contributed by atoms with van der Waals surface area (Å²) in [5.74, 6) is 0.644. The first-order valence-corrected chi connectivity index (χ1v) is 7.86. The third kappa shape index (κ3) is 6.70. The van der Waals surface area contributed by atoms with E-state index >= 15 is 0 Å². The lowest BCUT2D eigenvalue weighted by atomic mass is 9.92. The summed E-state index contributed by atoms with van der Waals surface area (Å²) in [5, 5.41) is 9.19. The molecular formula is C15H30IN5O3. The average Bonchev–Trinajstić information content (AvgIpc) is 2.57. The Morgan fingerprint density at radius 1 is 1.29 bits per heavy atom. The summed E-state index contributed by atoms with van der Waals surface area (Å²) in [6.07, 6.45) is 1.38. The van der Waals surface area contributed by atoms with E-state index in [-0.39, 0.29) is 42.0 Å². The van der Waals surface area contributed by atoms with Crippen molar-refractivity contribution in [2.24, 2.45) is 10.4 Å². The second-order valence-electron chi connectivity index (χ2n) is 6.26. The second kappa shape index (κ2) is 10.6. The molecule has 1 aliphatic rings. The summed E-state index contributed by atoms with van der Waals surface area (Å²) in [6.45, 7) is 5.55. The molecular weight excluding hydrogens is 425 g/mol. The zero-order chi connectivity index (χ0) is 17.5. The molecule has 0 saturated carbocycles. The maximum absolute atomic E-state index is 11.8. The smallest absolute Gasteiger partial charge is 0.409 e. The number of nitrogens with zero attached hydrogens (tertiary/aromatic N) is 2. The fraction of sp³-hybridized carbons (Fsp3) is 0.800. The Labute approximate surface area is 161 Å². The number of nitrogens with one attached hydrogen (secondary N) is 3. The van der Waals surface area contributed by atoms with Crippen LogP contribution in [-0.4, -0.2) is 69.7 Å². The summed E-state index contributed by atoms with van der Waals surface area (Å²) < 4.78 is 4.73. The standard InChI is InChI=1S/C15H29N5O3.HI/c1-15(2,12(21)16-3)10-18-13(17-4)19-11-6-8-20(9-7-11)14(22)23-5;/h11H,6-10H2,1-5H3,(H,16,21)(H2,17,18,19);1H. The third-order valence-corrected chi connectivity index (χ3v) is 4.03. The summed E-state index contributed by atoms with van der Waals surface area (Å²) in [4.78, 5) is 29.2. The van der Waals surface area contributed by atoms with Gasteiger partial charge in [0.15, 0.2) is 5.96 Å². The van der Waals surface area contributed by atoms with Crippen LogP contribution in [0.25, 0.3) is 0 Å². The molecule has 0 aromatic rings. The minimum Gasteiger partial charge on any atom is -0.453 e. The molecule has 0 bridgehead atoms. The average molecular weight is 455 g/mol. The van der Waals surface area contributed by atoms with E-state index in [4.69, 9.17) is 4.74 Å². The lowest BCUT2D eigenvalue weighted by molar-refractivity contribution is -0.128. The fourth-order valence-electron chi connectivity index (χ4n) is 2.45. The van der Waals surface area contributed by atoms with Gasteiger partial charge in [0.25, 0.3) is 0 Å². The molecule has 0 aliphatic carbocycles. The van der Waals surface area contributed by atoms with Gasteiger partial charge < -0.3 is 25.6 Å². The highest BCUT2D eigenvalue weighted by molar-refractivity contribution is 14.0. The molecule has 1 aliphatic heterocycles. The number of likely N-dealkylation sites (tertiary alicyclic amines) is 1. The van der Waals surface area contributed by atoms with Crippen molar-refractivity contribution in [2.75, 3.05) is 40.8 Å². The number of amides is 2. The van der Waals surface area contributed by atoms with Gasteiger partial charge in [-0.05, 0) is 26.7 Å². The Hall–Kier alpha value is -1.26. The first kappa shape index (κ1) is 22.7. The van der Waals surface area contributed by atoms with Crippen LogP contribution in [0, 0.1) is 5.41 Å². The quantitative estimate of drug-likeness (QED) is 0.331. The summed E-state index contributed by atoms with van der Waals surface area (Å²) in [5.41, 5.74) is -0.527. The van der Waals surface area contributed by atoms with Crippen LogP contribution in [0.15, 0.2) is 4.99 Å². The largest absolute Gasteiger partial charge is 0.453 e. The Balaban J connectivity index is 0.00000529. The van der Waals surface area contributed by atoms with Gasteiger partial charge in [-0.3, -0.25) is 9.79 Å². The van der Waals surface area contributed by atoms with Crippen molar-refractivity contribution in [3.8, 4) is 0 Å². The maximum atomic E-state index is 11.8. The highest BCUT2D eigenvalue weighted by Gasteiger charge is 2.28. The van der Waals surface area contributed by atoms with Gasteiger partial charge in [0, 0.05) is 39.8 Å². The lowest BCUT2D eigenvalue weighted by Gasteiger charge is -2.32. The molecule has 0 aromatic carbocycles. The van der Waals surface area contributed by atoms with E-state index < -0.39 is 5.41 Å². The van der Waals surface area contributed by atoms with Crippen LogP contribution < -0.4 is 16.0 Å². The molecule has 0 unspecified atom stereocenters. The molecule has 0 spiro atoms. The van der Waals surface area contributed by atoms with Gasteiger partial charge >= 0.3 is 6.09 Å². The van der Waals surface area contributed by atoms with Crippen LogP contribution in [-0.2, 0) is 9.53 Å². The van der Waals surface area contributed by atoms with Crippen LogP contribution >= 0.6 is 24.0 Å². The van der Waals surface area contributed by atoms with E-state index in [9.17, 15) is 9.59 Å². The van der Waals surface area contributed by atoms with Crippen LogP contribution in [0.4, 0.5) is 4.79 Å². The predicted molar refractivity (Wildman–Crippen MR) is 105 cm³/mol. The SMILES string of the molecule is CN=C(NCC(C)(C)C(=O)NC)NC1CCN(C(=O)OC)CC1.I. The van der Waals surface area contributed by atoms with Gasteiger partial charge in [0.05, 0.1) is 12.5 Å². The van der Waals surface area contributed by atoms with Crippen LogP contribution in [0.1, 0.15) is 26.7 Å². The molecule has 140 valence electrons. The fourth-order valence-corrected chi connectivity index (χ4v) is 2.45. The molecule has 2 amide bonds. The van der Waals surface area contributed by atoms with Crippen LogP contribution in [0.5, 0.6) is 0 Å². The van der Waals surface area contributed by atoms with Crippen molar-refractivity contribution >= 4 is 41.9 Å². The number of piperidine rings is 1. The Bertz CT molecular complexity index is 448. The van der Waals surface area contributed by atoms with Gasteiger partial charge in [-0.1, -0.05) is 0 Å². The molecule has 0 radical (unpaired) electrons. The maximum Gasteiger partial charge on any atom is 0.409 e. The van der Waals surface area contributed by atoms with Gasteiger partial charge in [-0.2, -0.15) is 0 Å². The molecule has 1 saturated heterocycles. The number of hydrogen-bond donors (Lipinski definition) is 3. The number of halogens is 1. The first-order chi connectivity index (χ1) is 10.8. The van der Waals surface area contributed by atoms with Crippen LogP contribution in [0.2, 0.25) is 0 Å². The van der Waals surface area contributed by atoms with E-state index in [1.165, 1.54) is 7.11 Å². The highest BCUT2D eigenvalue weighted by Crippen LogP contribution is 2.14. The molecule has 0 atom stereocenters. The number of guanidine groups is 1. The first-order valence-electron chi connectivity index (χ1n) is 7.86. The normalized spacial score (nSPS) is 16.0. The van der Waals surface area contributed by atoms with Gasteiger partial charge in [-0.15, -0.1) is 24.0 Å².